The summed E-state index contributed by atoms with van der Waals surface area (Å²) < 4.78 is 49.6. The summed E-state index contributed by atoms with van der Waals surface area (Å²) in [7, 11) is 2.96. The number of aliphatic carboxylic acids is 1. The van der Waals surface area contributed by atoms with E-state index in [0.717, 1.165) is 90.6 Å². The van der Waals surface area contributed by atoms with Crippen LogP contribution >= 0.6 is 23.2 Å². The minimum Gasteiger partial charge on any atom is -0.494 e. The lowest BCUT2D eigenvalue weighted by molar-refractivity contribution is -0.137. The van der Waals surface area contributed by atoms with E-state index in [0.29, 0.717) is 162 Å². The molecule has 28 heteroatoms. The van der Waals surface area contributed by atoms with Crippen LogP contribution in [0.3, 0.4) is 0 Å². The van der Waals surface area contributed by atoms with Gasteiger partial charge in [0.1, 0.15) is 49.4 Å². The molecule has 0 aromatic heterocycles. The summed E-state index contributed by atoms with van der Waals surface area (Å²) in [6, 6.07) is 57.0. The van der Waals surface area contributed by atoms with Crippen LogP contribution in [-0.4, -0.2) is 141 Å². The highest BCUT2D eigenvalue weighted by Crippen LogP contribution is 2.46. The Balaban J connectivity index is 0.000000199. The Kier molecular flexibility index (Phi) is 29.5. The van der Waals surface area contributed by atoms with E-state index < -0.39 is 5.97 Å². The summed E-state index contributed by atoms with van der Waals surface area (Å²) in [4.78, 5) is 105. The molecule has 1 unspecified atom stereocenters. The zero-order valence-corrected chi connectivity index (χ0v) is 73.3. The second-order valence-electron chi connectivity index (χ2n) is 31.6. The van der Waals surface area contributed by atoms with Gasteiger partial charge in [-0.3, -0.25) is 68.3 Å². The first-order chi connectivity index (χ1) is 61.3. The molecule has 0 spiro atoms. The second-order valence-corrected chi connectivity index (χ2v) is 35.7. The number of carboxylic acid groups (broad SMARTS) is 1. The van der Waals surface area contributed by atoms with E-state index in [1.807, 2.05) is 200 Å². The Morgan fingerprint density at radius 2 is 0.734 bits per heavy atom. The van der Waals surface area contributed by atoms with E-state index in [9.17, 15) is 28.8 Å². The van der Waals surface area contributed by atoms with Crippen LogP contribution in [0, 0.1) is 13.8 Å². The first-order valence-corrected chi connectivity index (χ1v) is 45.6. The SMILES string of the molecule is C.C.COc1cc2c(cc1OCc1cc(COc3cc4c(cc3C)C(=O)N3c5ccccc5C[C@H]3C=N4)cc(OCCCCC(=O)NCCS(C)=S)c1)N=C[C@@H]1Cc3ccccc3N1C2=O.COc1cc2c(cc1OCc1cc(COc3cc4c(cc3C)C(=O)N3c5ccccc5C[C@H]3C=N4)cc(OCCCCC(=O)O)c1)N=C[C@@H]1Cc3ccccc3N1C2=O.ClCCl. The number of unbranched alkanes of at least 4 members (excludes halogenated alkanes) is 2. The maximum absolute atomic E-state index is 14.0. The van der Waals surface area contributed by atoms with Crippen molar-refractivity contribution >= 4 is 150 Å². The molecule has 18 rings (SSSR count). The van der Waals surface area contributed by atoms with Gasteiger partial charge in [-0.15, -0.1) is 32.7 Å². The summed E-state index contributed by atoms with van der Waals surface area (Å²) >= 11 is 14.8. The molecule has 5 amide bonds. The van der Waals surface area contributed by atoms with Crippen LogP contribution in [0.5, 0.6) is 46.0 Å². The third-order valence-electron chi connectivity index (χ3n) is 23.0. The van der Waals surface area contributed by atoms with E-state index in [1.165, 1.54) is 7.11 Å². The highest BCUT2D eigenvalue weighted by atomic mass is 35.5. The number of anilines is 4. The van der Waals surface area contributed by atoms with Gasteiger partial charge in [0, 0.05) is 123 Å². The minimum absolute atomic E-state index is 0. The van der Waals surface area contributed by atoms with Crippen molar-refractivity contribution in [2.24, 2.45) is 20.0 Å². The molecular formula is C100H101Cl2N9O15S2. The zero-order chi connectivity index (χ0) is 87.6. The Hall–Kier alpha value is -12.8. The molecule has 8 aliphatic heterocycles. The number of hydrogen-bond acceptors (Lipinski definition) is 19. The fourth-order valence-electron chi connectivity index (χ4n) is 16.9. The standard InChI is InChI=1S/C50H49N5O7S2.C47H42N4O8.CH2Cl2.2CH4/c1-31-18-39-41(52-27-36-22-34-10-4-6-12-43(34)54(36)49(39)57)25-45(31)61-29-32-19-33(21-38(20-32)60-16-9-8-14-48(56)51-15-17-64(3)63)30-62-47-26-42-40(24-46(47)59-2)50(58)55-37(28-53-42)23-35-11-5-7-13-44(35)55;1-28-15-36-38(48-24-33-19-31-9-3-5-11-40(31)50(33)46(36)54)22-42(28)58-26-29-16-30(18-35(17-29)57-14-8-7-13-45(52)53)27-59-44-23-39-37(21-43(44)56-2)47(55)51-34(25-49-39)20-32-10-4-6-12-41(32)51;2-1-3;;/h4-7,10-13,18-21,24-28,36-37H,8-9,14-17,22-23,29-30H2,1-3H3,(H,51,56);3-6,9-12,15-18,21-25,33-34H,7-8,13-14,19-20,26-27H2,1-2H3,(H,52,53);1H2;2*1H4/t36-,37-,64?;33-,34-;;;/m00.../s1. The van der Waals surface area contributed by atoms with Crippen LogP contribution in [0.4, 0.5) is 45.5 Å². The number of para-hydroxylation sites is 4. The highest BCUT2D eigenvalue weighted by molar-refractivity contribution is 8.28. The number of carbonyl (C=O) groups excluding carboxylic acids is 5. The van der Waals surface area contributed by atoms with Gasteiger partial charge < -0.3 is 48.3 Å². The maximum Gasteiger partial charge on any atom is 0.303 e. The molecule has 5 atom stereocenters. The van der Waals surface area contributed by atoms with Crippen molar-refractivity contribution in [1.29, 1.82) is 0 Å². The molecule has 0 aliphatic carbocycles. The molecule has 10 aromatic rings. The Morgan fingerprint density at radius 1 is 0.430 bits per heavy atom. The number of amides is 5. The van der Waals surface area contributed by atoms with Crippen LogP contribution in [0.1, 0.15) is 150 Å². The van der Waals surface area contributed by atoms with Crippen LogP contribution in [0.2, 0.25) is 0 Å². The van der Waals surface area contributed by atoms with Gasteiger partial charge in [0.25, 0.3) is 23.6 Å². The fraction of sp³-hybridized carbons (Fsp3) is 0.300. The second kappa shape index (κ2) is 41.3. The normalized spacial score (nSPS) is 16.4. The average molecular weight is 1800 g/mol. The number of methoxy groups -OCH3 is 2. The molecule has 8 aliphatic rings. The monoisotopic (exact) mass is 1800 g/mol. The number of aryl methyl sites for hydroxylation is 2. The van der Waals surface area contributed by atoms with Gasteiger partial charge in [0.05, 0.1) is 102 Å². The lowest BCUT2D eigenvalue weighted by Gasteiger charge is -2.22. The number of alkyl halides is 2. The molecule has 2 N–H and O–H groups in total. The van der Waals surface area contributed by atoms with Crippen molar-refractivity contribution in [2.45, 2.75) is 144 Å². The molecule has 662 valence electrons. The predicted octanol–water partition coefficient (Wildman–Crippen LogP) is 19.2. The molecule has 0 fully saturated rings. The molecule has 0 bridgehead atoms. The number of carbonyl (C=O) groups is 6. The van der Waals surface area contributed by atoms with Crippen molar-refractivity contribution in [3.05, 3.63) is 260 Å². The van der Waals surface area contributed by atoms with Crippen molar-refractivity contribution in [2.75, 3.05) is 70.9 Å². The summed E-state index contributed by atoms with van der Waals surface area (Å²) in [6.45, 7) is 5.86. The number of hydrogen-bond donors (Lipinski definition) is 2. The van der Waals surface area contributed by atoms with E-state index in [2.05, 4.69) is 17.4 Å². The topological polar surface area (TPSA) is 271 Å². The first-order valence-electron chi connectivity index (χ1n) is 41.8. The van der Waals surface area contributed by atoms with Gasteiger partial charge in [0.2, 0.25) is 5.91 Å². The van der Waals surface area contributed by atoms with Gasteiger partial charge in [-0.2, -0.15) is 0 Å². The molecule has 0 radical (unpaired) electrons. The van der Waals surface area contributed by atoms with E-state index in [-0.39, 0.29) is 116 Å². The van der Waals surface area contributed by atoms with Crippen LogP contribution < -0.4 is 62.8 Å². The summed E-state index contributed by atoms with van der Waals surface area (Å²) in [5, 5.41) is 12.2. The van der Waals surface area contributed by atoms with Crippen LogP contribution in [-0.2, 0) is 82.3 Å². The number of rotatable bonds is 29. The molecule has 8 heterocycles. The summed E-state index contributed by atoms with van der Waals surface area (Å²) in [5.41, 5.74) is 17.0. The number of nitrogens with one attached hydrogen (secondary N) is 1. The minimum atomic E-state index is -0.841. The number of fused-ring (bicyclic) bond motifs is 16. The maximum atomic E-state index is 14.0. The third-order valence-corrected chi connectivity index (χ3v) is 24.3. The number of carboxylic acids is 1. The van der Waals surface area contributed by atoms with Gasteiger partial charge in [0.15, 0.2) is 23.0 Å². The third kappa shape index (κ3) is 20.3. The Bertz CT molecular complexity index is 6060. The Morgan fingerprint density at radius 3 is 1.05 bits per heavy atom. The lowest BCUT2D eigenvalue weighted by atomic mass is 10.1. The van der Waals surface area contributed by atoms with Gasteiger partial charge in [-0.1, -0.05) is 98.8 Å². The quantitative estimate of drug-likeness (QED) is 0.0326. The lowest BCUT2D eigenvalue weighted by Crippen LogP contribution is -2.37. The number of nitrogens with zero attached hydrogens (tertiary/aromatic N) is 8. The van der Waals surface area contributed by atoms with E-state index >= 15 is 0 Å². The molecule has 128 heavy (non-hydrogen) atoms. The fourth-order valence-corrected chi connectivity index (χ4v) is 17.6. The van der Waals surface area contributed by atoms with Gasteiger partial charge in [-0.25, -0.2) is 0 Å². The summed E-state index contributed by atoms with van der Waals surface area (Å²) in [6.07, 6.45) is 15.1. The largest absolute Gasteiger partial charge is 0.494 e. The smallest absolute Gasteiger partial charge is 0.303 e. The molecule has 0 saturated carbocycles. The zero-order valence-electron chi connectivity index (χ0n) is 70.2. The predicted molar refractivity (Wildman–Crippen MR) is 509 cm³/mol. The number of aliphatic imine (C=N–C) groups is 4. The number of ether oxygens (including phenoxy) is 8. The molecule has 24 nitrogen and oxygen atoms in total. The molecule has 10 aromatic carbocycles. The molecule has 0 saturated heterocycles. The van der Waals surface area contributed by atoms with E-state index in [4.69, 9.17) is 97.4 Å². The highest BCUT2D eigenvalue weighted by Gasteiger charge is 2.41. The van der Waals surface area contributed by atoms with Crippen LogP contribution in [0.25, 0.3) is 0 Å². The van der Waals surface area contributed by atoms with Crippen molar-refractivity contribution in [3.63, 3.8) is 0 Å². The van der Waals surface area contributed by atoms with Gasteiger partial charge in [-0.05, 0) is 186 Å². The first kappa shape index (κ1) is 91.5. The molecular weight excluding hydrogens is 1700 g/mol. The summed E-state index contributed by atoms with van der Waals surface area (Å²) in [5.74, 6) is 3.63. The van der Waals surface area contributed by atoms with Crippen LogP contribution in [0.15, 0.2) is 202 Å². The van der Waals surface area contributed by atoms with Crippen molar-refractivity contribution in [3.8, 4) is 46.0 Å². The number of benzene rings is 10. The Labute approximate surface area is 762 Å². The number of halogens is 2. The van der Waals surface area contributed by atoms with Gasteiger partial charge >= 0.3 is 5.97 Å². The average Bonchev–Trinajstić information content (AvgIpc) is 1.61. The van der Waals surface area contributed by atoms with E-state index in [1.54, 1.807) is 41.2 Å². The van der Waals surface area contributed by atoms with Crippen molar-refractivity contribution < 1.29 is 71.8 Å². The van der Waals surface area contributed by atoms with Crippen molar-refractivity contribution in [1.82, 2.24) is 5.32 Å².